The molecule has 0 atom stereocenters. The standard InChI is InChI=1S/C19H27FN6/c1-21-19(22-9-5-6-16-14-23-24(2)15-16)26-12-10-25(11-13-26)18-8-4-3-7-17(18)20/h3-4,7-8,14-15H,5-6,9-13H2,1-2H3,(H,21,22). The largest absolute Gasteiger partial charge is 0.366 e. The third-order valence-electron chi connectivity index (χ3n) is 4.67. The van der Waals surface area contributed by atoms with E-state index in [0.717, 1.165) is 51.5 Å². The summed E-state index contributed by atoms with van der Waals surface area (Å²) in [5, 5.41) is 7.63. The predicted molar refractivity (Wildman–Crippen MR) is 103 cm³/mol. The van der Waals surface area contributed by atoms with Crippen LogP contribution < -0.4 is 10.2 Å². The van der Waals surface area contributed by atoms with Gasteiger partial charge in [-0.1, -0.05) is 12.1 Å². The minimum Gasteiger partial charge on any atom is -0.366 e. The molecular formula is C19H27FN6. The van der Waals surface area contributed by atoms with Crippen LogP contribution in [0.3, 0.4) is 0 Å². The molecule has 0 spiro atoms. The molecule has 140 valence electrons. The number of aromatic nitrogens is 2. The highest BCUT2D eigenvalue weighted by atomic mass is 19.1. The van der Waals surface area contributed by atoms with Crippen LogP contribution in [0.15, 0.2) is 41.7 Å². The van der Waals surface area contributed by atoms with E-state index < -0.39 is 0 Å². The fraction of sp³-hybridized carbons (Fsp3) is 0.474. The number of para-hydroxylation sites is 1. The van der Waals surface area contributed by atoms with Crippen molar-refractivity contribution in [2.24, 2.45) is 12.0 Å². The van der Waals surface area contributed by atoms with E-state index in [1.807, 2.05) is 37.1 Å². The third-order valence-corrected chi connectivity index (χ3v) is 4.67. The molecule has 1 aliphatic heterocycles. The Balaban J connectivity index is 1.44. The van der Waals surface area contributed by atoms with Gasteiger partial charge in [0.15, 0.2) is 5.96 Å². The number of aryl methyl sites for hydroxylation is 2. The smallest absolute Gasteiger partial charge is 0.193 e. The molecule has 1 aromatic carbocycles. The molecule has 3 rings (SSSR count). The van der Waals surface area contributed by atoms with Crippen molar-refractivity contribution in [3.8, 4) is 0 Å². The quantitative estimate of drug-likeness (QED) is 0.504. The van der Waals surface area contributed by atoms with E-state index in [-0.39, 0.29) is 5.82 Å². The number of benzene rings is 1. The third kappa shape index (κ3) is 4.53. The van der Waals surface area contributed by atoms with Crippen molar-refractivity contribution < 1.29 is 4.39 Å². The Labute approximate surface area is 154 Å². The zero-order chi connectivity index (χ0) is 18.4. The SMILES string of the molecule is CN=C(NCCCc1cnn(C)c1)N1CCN(c2ccccc2F)CC1. The second-order valence-corrected chi connectivity index (χ2v) is 6.53. The monoisotopic (exact) mass is 358 g/mol. The lowest BCUT2D eigenvalue weighted by Gasteiger charge is -2.37. The number of guanidine groups is 1. The zero-order valence-corrected chi connectivity index (χ0v) is 15.5. The van der Waals surface area contributed by atoms with Gasteiger partial charge in [0, 0.05) is 53.0 Å². The summed E-state index contributed by atoms with van der Waals surface area (Å²) in [4.78, 5) is 8.73. The van der Waals surface area contributed by atoms with Crippen molar-refractivity contribution >= 4 is 11.6 Å². The van der Waals surface area contributed by atoms with Crippen molar-refractivity contribution in [1.29, 1.82) is 0 Å². The highest BCUT2D eigenvalue weighted by Crippen LogP contribution is 2.20. The van der Waals surface area contributed by atoms with Gasteiger partial charge in [0.25, 0.3) is 0 Å². The van der Waals surface area contributed by atoms with Crippen LogP contribution in [0.1, 0.15) is 12.0 Å². The van der Waals surface area contributed by atoms with Crippen LogP contribution in [-0.4, -0.2) is 60.4 Å². The number of aliphatic imine (C=N–C) groups is 1. The lowest BCUT2D eigenvalue weighted by molar-refractivity contribution is 0.370. The van der Waals surface area contributed by atoms with E-state index in [0.29, 0.717) is 5.69 Å². The molecule has 1 N–H and O–H groups in total. The van der Waals surface area contributed by atoms with Crippen LogP contribution >= 0.6 is 0 Å². The van der Waals surface area contributed by atoms with Gasteiger partial charge in [-0.05, 0) is 30.5 Å². The molecule has 2 heterocycles. The Kier molecular flexibility index (Phi) is 6.09. The molecule has 0 amide bonds. The van der Waals surface area contributed by atoms with E-state index in [1.165, 1.54) is 11.6 Å². The van der Waals surface area contributed by atoms with Gasteiger partial charge in [-0.25, -0.2) is 4.39 Å². The Hall–Kier alpha value is -2.57. The Morgan fingerprint density at radius 1 is 1.23 bits per heavy atom. The molecule has 2 aromatic rings. The molecule has 0 bridgehead atoms. The molecular weight excluding hydrogens is 331 g/mol. The predicted octanol–water partition coefficient (Wildman–Crippen LogP) is 1.89. The number of anilines is 1. The first-order valence-corrected chi connectivity index (χ1v) is 9.10. The topological polar surface area (TPSA) is 48.7 Å². The van der Waals surface area contributed by atoms with Crippen LogP contribution in [0.25, 0.3) is 0 Å². The fourth-order valence-electron chi connectivity index (χ4n) is 3.29. The summed E-state index contributed by atoms with van der Waals surface area (Å²) in [7, 11) is 3.75. The highest BCUT2D eigenvalue weighted by Gasteiger charge is 2.21. The summed E-state index contributed by atoms with van der Waals surface area (Å²) in [6.07, 6.45) is 5.99. The summed E-state index contributed by atoms with van der Waals surface area (Å²) in [5.74, 6) is 0.767. The second-order valence-electron chi connectivity index (χ2n) is 6.53. The Morgan fingerprint density at radius 2 is 2.00 bits per heavy atom. The number of nitrogens with one attached hydrogen (secondary N) is 1. The van der Waals surface area contributed by atoms with Crippen molar-refractivity contribution in [2.45, 2.75) is 12.8 Å². The number of hydrogen-bond acceptors (Lipinski definition) is 3. The molecule has 1 saturated heterocycles. The summed E-state index contributed by atoms with van der Waals surface area (Å²) < 4.78 is 15.8. The first-order valence-electron chi connectivity index (χ1n) is 9.10. The number of hydrogen-bond donors (Lipinski definition) is 1. The van der Waals surface area contributed by atoms with E-state index >= 15 is 0 Å². The molecule has 0 saturated carbocycles. The van der Waals surface area contributed by atoms with E-state index in [9.17, 15) is 4.39 Å². The van der Waals surface area contributed by atoms with Crippen LogP contribution in [-0.2, 0) is 13.5 Å². The summed E-state index contributed by atoms with van der Waals surface area (Å²) in [5.41, 5.74) is 1.94. The summed E-state index contributed by atoms with van der Waals surface area (Å²) >= 11 is 0. The number of halogens is 1. The van der Waals surface area contributed by atoms with Crippen LogP contribution in [0.5, 0.6) is 0 Å². The van der Waals surface area contributed by atoms with Crippen molar-refractivity contribution in [2.75, 3.05) is 44.7 Å². The molecule has 1 fully saturated rings. The van der Waals surface area contributed by atoms with Crippen LogP contribution in [0, 0.1) is 5.82 Å². The normalized spacial score (nSPS) is 15.4. The lowest BCUT2D eigenvalue weighted by Crippen LogP contribution is -2.52. The van der Waals surface area contributed by atoms with Crippen molar-refractivity contribution in [3.05, 3.63) is 48.0 Å². The molecule has 1 aromatic heterocycles. The van der Waals surface area contributed by atoms with Gasteiger partial charge in [0.2, 0.25) is 0 Å². The molecule has 0 unspecified atom stereocenters. The molecule has 6 nitrogen and oxygen atoms in total. The van der Waals surface area contributed by atoms with Crippen LogP contribution in [0.2, 0.25) is 0 Å². The van der Waals surface area contributed by atoms with Gasteiger partial charge in [0.05, 0.1) is 11.9 Å². The van der Waals surface area contributed by atoms with Crippen molar-refractivity contribution in [1.82, 2.24) is 20.0 Å². The lowest BCUT2D eigenvalue weighted by atomic mass is 10.2. The average Bonchev–Trinajstić information content (AvgIpc) is 3.08. The maximum Gasteiger partial charge on any atom is 0.193 e. The van der Waals surface area contributed by atoms with Gasteiger partial charge in [0.1, 0.15) is 5.82 Å². The van der Waals surface area contributed by atoms with E-state index in [2.05, 4.69) is 31.4 Å². The first-order chi connectivity index (χ1) is 12.7. The molecule has 1 aliphatic rings. The zero-order valence-electron chi connectivity index (χ0n) is 15.5. The van der Waals surface area contributed by atoms with Gasteiger partial charge in [-0.15, -0.1) is 0 Å². The average molecular weight is 358 g/mol. The fourth-order valence-corrected chi connectivity index (χ4v) is 3.29. The van der Waals surface area contributed by atoms with Gasteiger partial charge in [-0.3, -0.25) is 9.67 Å². The Morgan fingerprint density at radius 3 is 2.65 bits per heavy atom. The molecule has 0 radical (unpaired) electrons. The second kappa shape index (κ2) is 8.69. The highest BCUT2D eigenvalue weighted by molar-refractivity contribution is 5.80. The Bertz CT molecular complexity index is 733. The van der Waals surface area contributed by atoms with Crippen molar-refractivity contribution in [3.63, 3.8) is 0 Å². The minimum absolute atomic E-state index is 0.154. The number of nitrogens with zero attached hydrogens (tertiary/aromatic N) is 5. The number of rotatable bonds is 5. The first kappa shape index (κ1) is 18.2. The van der Waals surface area contributed by atoms with E-state index in [1.54, 1.807) is 6.07 Å². The summed E-state index contributed by atoms with van der Waals surface area (Å²) in [6, 6.07) is 6.97. The maximum absolute atomic E-state index is 13.9. The van der Waals surface area contributed by atoms with Gasteiger partial charge < -0.3 is 15.1 Å². The van der Waals surface area contributed by atoms with Gasteiger partial charge in [-0.2, -0.15) is 5.10 Å². The maximum atomic E-state index is 13.9. The molecule has 26 heavy (non-hydrogen) atoms. The molecule has 7 heteroatoms. The van der Waals surface area contributed by atoms with Gasteiger partial charge >= 0.3 is 0 Å². The van der Waals surface area contributed by atoms with Crippen LogP contribution in [0.4, 0.5) is 10.1 Å². The molecule has 0 aliphatic carbocycles. The van der Waals surface area contributed by atoms with E-state index in [4.69, 9.17) is 0 Å². The summed E-state index contributed by atoms with van der Waals surface area (Å²) in [6.45, 7) is 4.11. The number of piperazine rings is 1. The minimum atomic E-state index is -0.154.